The molecule has 5 rings (SSSR count). The molecule has 1 unspecified atom stereocenters. The molecule has 35 heavy (non-hydrogen) atoms. The summed E-state index contributed by atoms with van der Waals surface area (Å²) in [6, 6.07) is 4.08. The number of alkyl halides is 2. The highest BCUT2D eigenvalue weighted by atomic mass is 35.5. The largest absolute Gasteiger partial charge is 0.340 e. The quantitative estimate of drug-likeness (QED) is 0.422. The molecule has 0 saturated carbocycles. The number of hydrogen-bond acceptors (Lipinski definition) is 6. The van der Waals surface area contributed by atoms with Crippen LogP contribution < -0.4 is 10.5 Å². The van der Waals surface area contributed by atoms with Crippen molar-refractivity contribution in [3.05, 3.63) is 63.2 Å². The maximum absolute atomic E-state index is 14.9. The van der Waals surface area contributed by atoms with E-state index < -0.39 is 29.6 Å². The fraction of sp³-hybridized carbons (Fsp3) is 0.348. The first kappa shape index (κ1) is 23.3. The Morgan fingerprint density at radius 2 is 1.91 bits per heavy atom. The van der Waals surface area contributed by atoms with Crippen molar-refractivity contribution in [2.45, 2.75) is 25.2 Å². The Labute approximate surface area is 203 Å². The fourth-order valence-electron chi connectivity index (χ4n) is 4.31. The van der Waals surface area contributed by atoms with Gasteiger partial charge in [-0.05, 0) is 25.1 Å². The van der Waals surface area contributed by atoms with Gasteiger partial charge in [-0.25, -0.2) is 28.1 Å². The van der Waals surface area contributed by atoms with Crippen LogP contribution in [0.5, 0.6) is 0 Å². The van der Waals surface area contributed by atoms with Gasteiger partial charge in [-0.3, -0.25) is 14.0 Å². The second-order valence-electron chi connectivity index (χ2n) is 8.67. The molecule has 0 aliphatic carbocycles. The number of benzene rings is 1. The van der Waals surface area contributed by atoms with Crippen LogP contribution in [-0.2, 0) is 14.1 Å². The molecule has 0 spiro atoms. The molecular weight excluding hydrogens is 483 g/mol. The average Bonchev–Trinajstić information content (AvgIpc) is 3.23. The monoisotopic (exact) mass is 503 g/mol. The number of rotatable bonds is 3. The molecule has 12 heteroatoms. The summed E-state index contributed by atoms with van der Waals surface area (Å²) in [5.41, 5.74) is 0.215. The van der Waals surface area contributed by atoms with Gasteiger partial charge in [0.05, 0.1) is 12.1 Å². The lowest BCUT2D eigenvalue weighted by atomic mass is 9.89. The number of fused-ring (bicyclic) bond motifs is 1. The van der Waals surface area contributed by atoms with E-state index in [4.69, 9.17) is 11.6 Å². The van der Waals surface area contributed by atoms with Gasteiger partial charge in [-0.15, -0.1) is 0 Å². The van der Waals surface area contributed by atoms with Gasteiger partial charge in [-0.1, -0.05) is 11.6 Å². The van der Waals surface area contributed by atoms with E-state index in [-0.39, 0.29) is 46.4 Å². The number of aromatic nitrogens is 6. The number of hydrogen-bond donors (Lipinski definition) is 0. The van der Waals surface area contributed by atoms with Crippen molar-refractivity contribution in [1.82, 2.24) is 29.3 Å². The van der Waals surface area contributed by atoms with Crippen LogP contribution in [0.25, 0.3) is 22.3 Å². The van der Waals surface area contributed by atoms with Crippen molar-refractivity contribution in [2.75, 3.05) is 18.0 Å². The molecule has 4 aromatic rings. The Hall–Kier alpha value is -3.47. The molecule has 1 fully saturated rings. The van der Waals surface area contributed by atoms with E-state index in [2.05, 4.69) is 20.1 Å². The van der Waals surface area contributed by atoms with E-state index in [1.807, 2.05) is 0 Å². The zero-order valence-corrected chi connectivity index (χ0v) is 19.9. The molecule has 1 atom stereocenters. The molecule has 0 amide bonds. The number of anilines is 1. The highest BCUT2D eigenvalue weighted by Gasteiger charge is 2.46. The third-order valence-electron chi connectivity index (χ3n) is 6.36. The summed E-state index contributed by atoms with van der Waals surface area (Å²) in [5, 5.41) is 4.22. The van der Waals surface area contributed by atoms with Crippen LogP contribution in [0.1, 0.15) is 23.7 Å². The van der Waals surface area contributed by atoms with E-state index in [0.717, 1.165) is 6.07 Å². The summed E-state index contributed by atoms with van der Waals surface area (Å²) in [5.74, 6) is -4.32. The standard InChI is InChI=1S/C23H21ClF3N7O/c1-12-29-19-18(15-5-4-14(24)8-17(15)25)30-22(31-20(19)21(35)33(12)3)34-7-6-23(26,27)16(11-34)13-9-28-32(2)10-13/h4-5,8-10,16H,6-7,11H2,1-3H3. The molecule has 0 N–H and O–H groups in total. The maximum atomic E-state index is 14.9. The van der Waals surface area contributed by atoms with Crippen molar-refractivity contribution in [3.63, 3.8) is 0 Å². The van der Waals surface area contributed by atoms with Crippen molar-refractivity contribution in [3.8, 4) is 11.3 Å². The number of nitrogens with zero attached hydrogens (tertiary/aromatic N) is 7. The van der Waals surface area contributed by atoms with Crippen molar-refractivity contribution in [1.29, 1.82) is 0 Å². The minimum Gasteiger partial charge on any atom is -0.340 e. The molecule has 8 nitrogen and oxygen atoms in total. The summed E-state index contributed by atoms with van der Waals surface area (Å²) in [6.45, 7) is 1.49. The Balaban J connectivity index is 1.69. The molecular formula is C23H21ClF3N7O. The summed E-state index contributed by atoms with van der Waals surface area (Å²) < 4.78 is 47.5. The molecule has 1 aromatic carbocycles. The van der Waals surface area contributed by atoms with E-state index >= 15 is 0 Å². The van der Waals surface area contributed by atoms with Crippen molar-refractivity contribution >= 4 is 28.6 Å². The molecule has 0 radical (unpaired) electrons. The molecule has 1 saturated heterocycles. The SMILES string of the molecule is Cc1nc2c(-c3ccc(Cl)cc3F)nc(N3CCC(F)(F)C(c4cnn(C)c4)C3)nc2c(=O)n1C. The first-order valence-electron chi connectivity index (χ1n) is 10.9. The van der Waals surface area contributed by atoms with Crippen LogP contribution in [0, 0.1) is 12.7 Å². The van der Waals surface area contributed by atoms with E-state index in [9.17, 15) is 18.0 Å². The molecule has 3 aromatic heterocycles. The molecule has 1 aliphatic rings. The first-order valence-corrected chi connectivity index (χ1v) is 11.2. The third-order valence-corrected chi connectivity index (χ3v) is 6.60. The summed E-state index contributed by atoms with van der Waals surface area (Å²) in [6.07, 6.45) is 2.53. The maximum Gasteiger partial charge on any atom is 0.279 e. The van der Waals surface area contributed by atoms with Crippen LogP contribution in [0.15, 0.2) is 35.4 Å². The molecule has 4 heterocycles. The number of halogens is 4. The Bertz CT molecular complexity index is 1520. The summed E-state index contributed by atoms with van der Waals surface area (Å²) >= 11 is 5.92. The highest BCUT2D eigenvalue weighted by Crippen LogP contribution is 2.41. The minimum atomic E-state index is -2.96. The summed E-state index contributed by atoms with van der Waals surface area (Å²) in [7, 11) is 3.21. The normalized spacial score (nSPS) is 17.8. The van der Waals surface area contributed by atoms with E-state index in [1.165, 1.54) is 27.6 Å². The predicted molar refractivity (Wildman–Crippen MR) is 125 cm³/mol. The van der Waals surface area contributed by atoms with Crippen LogP contribution in [-0.4, -0.2) is 48.3 Å². The number of aryl methyl sites for hydroxylation is 2. The van der Waals surface area contributed by atoms with Crippen LogP contribution >= 0.6 is 11.6 Å². The minimum absolute atomic E-state index is 0.0253. The van der Waals surface area contributed by atoms with Crippen LogP contribution in [0.3, 0.4) is 0 Å². The second-order valence-corrected chi connectivity index (χ2v) is 9.11. The topological polar surface area (TPSA) is 81.7 Å². The Kier molecular flexibility index (Phi) is 5.54. The lowest BCUT2D eigenvalue weighted by molar-refractivity contribution is -0.0425. The van der Waals surface area contributed by atoms with Gasteiger partial charge >= 0.3 is 0 Å². The van der Waals surface area contributed by atoms with Gasteiger partial charge in [-0.2, -0.15) is 5.10 Å². The second kappa shape index (κ2) is 8.33. The van der Waals surface area contributed by atoms with Crippen molar-refractivity contribution < 1.29 is 13.2 Å². The van der Waals surface area contributed by atoms with Gasteiger partial charge in [0.2, 0.25) is 5.95 Å². The van der Waals surface area contributed by atoms with Crippen molar-refractivity contribution in [2.24, 2.45) is 14.1 Å². The highest BCUT2D eigenvalue weighted by molar-refractivity contribution is 6.30. The van der Waals surface area contributed by atoms with Gasteiger partial charge in [0, 0.05) is 56.0 Å². The summed E-state index contributed by atoms with van der Waals surface area (Å²) in [4.78, 5) is 28.0. The van der Waals surface area contributed by atoms with Gasteiger partial charge in [0.25, 0.3) is 11.5 Å². The third kappa shape index (κ3) is 4.03. The van der Waals surface area contributed by atoms with Gasteiger partial charge < -0.3 is 4.90 Å². The number of piperidine rings is 1. The van der Waals surface area contributed by atoms with E-state index in [1.54, 1.807) is 32.1 Å². The van der Waals surface area contributed by atoms with Crippen LogP contribution in [0.2, 0.25) is 5.02 Å². The van der Waals surface area contributed by atoms with Gasteiger partial charge in [0.15, 0.2) is 5.52 Å². The first-order chi connectivity index (χ1) is 16.5. The zero-order chi connectivity index (χ0) is 25.1. The molecule has 1 aliphatic heterocycles. The molecule has 0 bridgehead atoms. The van der Waals surface area contributed by atoms with Gasteiger partial charge in [0.1, 0.15) is 22.9 Å². The predicted octanol–water partition coefficient (Wildman–Crippen LogP) is 3.85. The zero-order valence-electron chi connectivity index (χ0n) is 19.1. The Morgan fingerprint density at radius 3 is 2.60 bits per heavy atom. The Morgan fingerprint density at radius 1 is 1.14 bits per heavy atom. The fourth-order valence-corrected chi connectivity index (χ4v) is 4.46. The smallest absolute Gasteiger partial charge is 0.279 e. The average molecular weight is 504 g/mol. The molecule has 182 valence electrons. The van der Waals surface area contributed by atoms with Crippen LogP contribution in [0.4, 0.5) is 19.1 Å². The lowest BCUT2D eigenvalue weighted by Gasteiger charge is -2.38. The lowest BCUT2D eigenvalue weighted by Crippen LogP contribution is -2.46. The van der Waals surface area contributed by atoms with E-state index in [0.29, 0.717) is 11.4 Å².